The van der Waals surface area contributed by atoms with E-state index in [-0.39, 0.29) is 10.3 Å². The third-order valence-electron chi connectivity index (χ3n) is 5.96. The molecule has 1 aromatic carbocycles. The minimum absolute atomic E-state index is 0.0568. The first kappa shape index (κ1) is 16.8. The summed E-state index contributed by atoms with van der Waals surface area (Å²) in [5.74, 6) is 0. The highest BCUT2D eigenvalue weighted by atomic mass is 32.2. The van der Waals surface area contributed by atoms with E-state index < -0.39 is 10.0 Å². The molecule has 1 spiro atoms. The van der Waals surface area contributed by atoms with Crippen LogP contribution in [0.25, 0.3) is 0 Å². The van der Waals surface area contributed by atoms with Gasteiger partial charge in [-0.05, 0) is 74.3 Å². The molecule has 0 heterocycles. The summed E-state index contributed by atoms with van der Waals surface area (Å²) in [6, 6.07) is 6.92. The van der Waals surface area contributed by atoms with Crippen LogP contribution in [-0.4, -0.2) is 14.6 Å². The first-order valence-corrected chi connectivity index (χ1v) is 10.8. The van der Waals surface area contributed by atoms with Crippen LogP contribution in [-0.2, 0) is 10.0 Å². The van der Waals surface area contributed by atoms with Gasteiger partial charge < -0.3 is 0 Å². The molecule has 3 aliphatic carbocycles. The largest absolute Gasteiger partial charge is 0.282 e. The van der Waals surface area contributed by atoms with Crippen molar-refractivity contribution in [2.75, 3.05) is 0 Å². The lowest BCUT2D eigenvalue weighted by molar-refractivity contribution is 0.504. The third-order valence-corrected chi connectivity index (χ3v) is 7.21. The summed E-state index contributed by atoms with van der Waals surface area (Å²) >= 11 is 0. The minimum atomic E-state index is -3.64. The Hall–Kier alpha value is -1.68. The topological polar surface area (TPSA) is 46.5 Å². The van der Waals surface area contributed by atoms with Crippen molar-refractivity contribution in [1.29, 1.82) is 0 Å². The maximum absolute atomic E-state index is 12.6. The maximum Gasteiger partial charge on any atom is 0.282 e. The van der Waals surface area contributed by atoms with Gasteiger partial charge in [0.25, 0.3) is 10.0 Å². The van der Waals surface area contributed by atoms with Gasteiger partial charge in [-0.1, -0.05) is 36.6 Å². The van der Waals surface area contributed by atoms with Crippen LogP contribution in [0.1, 0.15) is 56.9 Å². The van der Waals surface area contributed by atoms with Crippen molar-refractivity contribution in [3.8, 4) is 0 Å². The summed E-state index contributed by atoms with van der Waals surface area (Å²) in [4.78, 5) is 0.273. The number of sulfonamides is 1. The maximum atomic E-state index is 12.6. The molecule has 2 fully saturated rings. The number of aryl methyl sites for hydroxylation is 1. The van der Waals surface area contributed by atoms with Gasteiger partial charge in [-0.15, -0.1) is 0 Å². The van der Waals surface area contributed by atoms with Crippen molar-refractivity contribution in [3.63, 3.8) is 0 Å². The van der Waals surface area contributed by atoms with Crippen molar-refractivity contribution in [2.45, 2.75) is 63.2 Å². The predicted molar refractivity (Wildman–Crippen MR) is 101 cm³/mol. The second-order valence-corrected chi connectivity index (χ2v) is 9.29. The van der Waals surface area contributed by atoms with E-state index in [4.69, 9.17) is 0 Å². The Bertz CT molecular complexity index is 867. The molecule has 0 N–H and O–H groups in total. The van der Waals surface area contributed by atoms with Crippen LogP contribution in [0.3, 0.4) is 0 Å². The van der Waals surface area contributed by atoms with Crippen LogP contribution in [0.15, 0.2) is 56.4 Å². The van der Waals surface area contributed by atoms with Gasteiger partial charge in [-0.2, -0.15) is 12.8 Å². The Morgan fingerprint density at radius 1 is 1.00 bits per heavy atom. The highest BCUT2D eigenvalue weighted by molar-refractivity contribution is 7.90. The van der Waals surface area contributed by atoms with Crippen LogP contribution >= 0.6 is 0 Å². The molecule has 0 unspecified atom stereocenters. The summed E-state index contributed by atoms with van der Waals surface area (Å²) < 4.78 is 29.4. The molecule has 4 heteroatoms. The van der Waals surface area contributed by atoms with Crippen molar-refractivity contribution < 1.29 is 8.42 Å². The van der Waals surface area contributed by atoms with E-state index in [1.54, 1.807) is 18.3 Å². The lowest BCUT2D eigenvalue weighted by Crippen LogP contribution is -2.16. The molecule has 25 heavy (non-hydrogen) atoms. The van der Waals surface area contributed by atoms with E-state index in [9.17, 15) is 8.42 Å². The Labute approximate surface area is 150 Å². The summed E-state index contributed by atoms with van der Waals surface area (Å²) in [5.41, 5.74) is 5.14. The second kappa shape index (κ2) is 6.24. The van der Waals surface area contributed by atoms with E-state index in [1.165, 1.54) is 42.4 Å². The fraction of sp³-hybridized carbons (Fsp3) is 0.476. The second-order valence-electron chi connectivity index (χ2n) is 7.65. The lowest BCUT2D eigenvalue weighted by Gasteiger charge is -2.24. The number of hydrogen-bond donors (Lipinski definition) is 0. The Morgan fingerprint density at radius 2 is 1.68 bits per heavy atom. The fourth-order valence-corrected chi connectivity index (χ4v) is 5.47. The Kier molecular flexibility index (Phi) is 4.19. The summed E-state index contributed by atoms with van der Waals surface area (Å²) in [7, 11) is -3.64. The van der Waals surface area contributed by atoms with E-state index in [1.807, 2.05) is 19.1 Å². The molecular formula is C21H25NO2S. The minimum Gasteiger partial charge on any atom is -0.199 e. The summed E-state index contributed by atoms with van der Waals surface area (Å²) in [6.45, 7) is 1.95. The molecule has 4 rings (SSSR count). The number of fused-ring (bicyclic) bond motifs is 1. The van der Waals surface area contributed by atoms with Crippen molar-refractivity contribution in [3.05, 3.63) is 52.6 Å². The Balaban J connectivity index is 1.70. The number of benzene rings is 1. The van der Waals surface area contributed by atoms with Crippen LogP contribution in [0, 0.1) is 12.3 Å². The average Bonchev–Trinajstić information content (AvgIpc) is 3.18. The molecule has 0 radical (unpaired) electrons. The summed E-state index contributed by atoms with van der Waals surface area (Å²) in [6.07, 6.45) is 13.5. The van der Waals surface area contributed by atoms with Gasteiger partial charge in [0.1, 0.15) is 0 Å². The number of rotatable bonds is 3. The van der Waals surface area contributed by atoms with Gasteiger partial charge in [-0.25, -0.2) is 0 Å². The monoisotopic (exact) mass is 355 g/mol. The van der Waals surface area contributed by atoms with E-state index in [2.05, 4.69) is 10.5 Å². The molecule has 3 aliphatic rings. The fourth-order valence-electron chi connectivity index (χ4n) is 4.63. The molecular weight excluding hydrogens is 330 g/mol. The standard InChI is InChI=1S/C21H25NO2S/c1-16-8-10-18(11-9-16)25(23,24)22-15-20-19-7-3-2-6-17(19)14-21(20)12-4-5-13-21/h8-11,14-15H,2-7,12-13H2,1H3/b22-15+. The van der Waals surface area contributed by atoms with Crippen molar-refractivity contribution >= 4 is 16.2 Å². The predicted octanol–water partition coefficient (Wildman–Crippen LogP) is 5.13. The number of hydrogen-bond acceptors (Lipinski definition) is 2. The quantitative estimate of drug-likeness (QED) is 0.706. The molecule has 0 atom stereocenters. The molecule has 3 nitrogen and oxygen atoms in total. The average molecular weight is 356 g/mol. The molecule has 0 aromatic heterocycles. The van der Waals surface area contributed by atoms with Gasteiger partial charge >= 0.3 is 0 Å². The molecule has 132 valence electrons. The van der Waals surface area contributed by atoms with Gasteiger partial charge in [-0.3, -0.25) is 0 Å². The van der Waals surface area contributed by atoms with Crippen LogP contribution < -0.4 is 0 Å². The first-order valence-electron chi connectivity index (χ1n) is 9.33. The Morgan fingerprint density at radius 3 is 2.40 bits per heavy atom. The van der Waals surface area contributed by atoms with Gasteiger partial charge in [0, 0.05) is 11.6 Å². The smallest absolute Gasteiger partial charge is 0.199 e. The normalized spacial score (nSPS) is 22.7. The molecule has 0 bridgehead atoms. The summed E-state index contributed by atoms with van der Waals surface area (Å²) in [5, 5.41) is 0. The van der Waals surface area contributed by atoms with Gasteiger partial charge in [0.05, 0.1) is 4.90 Å². The third kappa shape index (κ3) is 3.01. The highest BCUT2D eigenvalue weighted by Gasteiger charge is 2.41. The molecule has 2 saturated carbocycles. The van der Waals surface area contributed by atoms with E-state index >= 15 is 0 Å². The van der Waals surface area contributed by atoms with Crippen LogP contribution in [0.2, 0.25) is 0 Å². The zero-order valence-electron chi connectivity index (χ0n) is 14.8. The zero-order valence-corrected chi connectivity index (χ0v) is 15.6. The lowest BCUT2D eigenvalue weighted by atomic mass is 9.80. The SMILES string of the molecule is Cc1ccc(S(=O)(=O)/N=C/C2=C3CCCCC3=CC23CCCC3)cc1. The molecule has 0 amide bonds. The van der Waals surface area contributed by atoms with E-state index in [0.29, 0.717) is 0 Å². The van der Waals surface area contributed by atoms with Crippen LogP contribution in [0.4, 0.5) is 0 Å². The number of allylic oxidation sites excluding steroid dienone is 4. The molecule has 0 saturated heterocycles. The van der Waals surface area contributed by atoms with Crippen molar-refractivity contribution in [1.82, 2.24) is 0 Å². The number of nitrogens with zero attached hydrogens (tertiary/aromatic N) is 1. The van der Waals surface area contributed by atoms with Gasteiger partial charge in [0.2, 0.25) is 0 Å². The van der Waals surface area contributed by atoms with Crippen LogP contribution in [0.5, 0.6) is 0 Å². The zero-order chi connectivity index (χ0) is 17.5. The van der Waals surface area contributed by atoms with E-state index in [0.717, 1.165) is 31.2 Å². The first-order chi connectivity index (χ1) is 12.0. The molecule has 0 aliphatic heterocycles. The highest BCUT2D eigenvalue weighted by Crippen LogP contribution is 2.54. The molecule has 1 aromatic rings. The van der Waals surface area contributed by atoms with Gasteiger partial charge in [0.15, 0.2) is 0 Å². The van der Waals surface area contributed by atoms with Crippen molar-refractivity contribution in [2.24, 2.45) is 9.81 Å².